The summed E-state index contributed by atoms with van der Waals surface area (Å²) in [7, 11) is 0. The number of carboxylic acid groups (broad SMARTS) is 1. The molecular formula is C11H21NO3. The minimum Gasteiger partial charge on any atom is -0.480 e. The largest absolute Gasteiger partial charge is 0.480 e. The summed E-state index contributed by atoms with van der Waals surface area (Å²) in [4.78, 5) is 13.1. The zero-order valence-corrected chi connectivity index (χ0v) is 9.68. The topological polar surface area (TPSA) is 60.8 Å². The summed E-state index contributed by atoms with van der Waals surface area (Å²) >= 11 is 0. The van der Waals surface area contributed by atoms with E-state index in [1.54, 1.807) is 0 Å². The Kier molecular flexibility index (Phi) is 4.11. The fourth-order valence-corrected chi connectivity index (χ4v) is 2.28. The van der Waals surface area contributed by atoms with Crippen molar-refractivity contribution in [2.75, 3.05) is 13.1 Å². The third-order valence-corrected chi connectivity index (χ3v) is 3.17. The van der Waals surface area contributed by atoms with Crippen LogP contribution in [0.5, 0.6) is 0 Å². The van der Waals surface area contributed by atoms with Crippen LogP contribution in [0.15, 0.2) is 0 Å². The first-order valence-corrected chi connectivity index (χ1v) is 5.58. The lowest BCUT2D eigenvalue weighted by molar-refractivity contribution is -0.147. The molecule has 0 spiro atoms. The van der Waals surface area contributed by atoms with Crippen molar-refractivity contribution >= 4 is 5.97 Å². The summed E-state index contributed by atoms with van der Waals surface area (Å²) in [5, 5.41) is 18.7. The number of aliphatic hydroxyl groups excluding tert-OH is 1. The van der Waals surface area contributed by atoms with Gasteiger partial charge in [-0.05, 0) is 18.3 Å². The van der Waals surface area contributed by atoms with Gasteiger partial charge in [0.1, 0.15) is 6.04 Å². The molecule has 1 heterocycles. The smallest absolute Gasteiger partial charge is 0.321 e. The average Bonchev–Trinajstić information content (AvgIpc) is 2.10. The number of aliphatic carboxylic acids is 1. The average molecular weight is 215 g/mol. The van der Waals surface area contributed by atoms with Crippen molar-refractivity contribution in [2.45, 2.75) is 39.3 Å². The van der Waals surface area contributed by atoms with Gasteiger partial charge in [-0.3, -0.25) is 9.69 Å². The SMILES string of the molecule is CC(C)C(C(=O)O)N1CCC(O)C(C)C1. The Bertz CT molecular complexity index is 230. The maximum Gasteiger partial charge on any atom is 0.321 e. The Morgan fingerprint density at radius 3 is 2.47 bits per heavy atom. The van der Waals surface area contributed by atoms with Gasteiger partial charge in [0.05, 0.1) is 6.10 Å². The zero-order valence-electron chi connectivity index (χ0n) is 9.68. The third-order valence-electron chi connectivity index (χ3n) is 3.17. The molecule has 3 unspecified atom stereocenters. The van der Waals surface area contributed by atoms with Gasteiger partial charge in [-0.15, -0.1) is 0 Å². The lowest BCUT2D eigenvalue weighted by atomic mass is 9.93. The van der Waals surface area contributed by atoms with Gasteiger partial charge in [-0.25, -0.2) is 0 Å². The molecule has 1 fully saturated rings. The van der Waals surface area contributed by atoms with Crippen molar-refractivity contribution in [1.29, 1.82) is 0 Å². The molecule has 0 aliphatic carbocycles. The molecular weight excluding hydrogens is 194 g/mol. The van der Waals surface area contributed by atoms with Gasteiger partial charge < -0.3 is 10.2 Å². The zero-order chi connectivity index (χ0) is 11.6. The number of carbonyl (C=O) groups is 1. The Labute approximate surface area is 90.9 Å². The van der Waals surface area contributed by atoms with Gasteiger partial charge in [-0.2, -0.15) is 0 Å². The van der Waals surface area contributed by atoms with Crippen LogP contribution in [-0.2, 0) is 4.79 Å². The molecule has 3 atom stereocenters. The fraction of sp³-hybridized carbons (Fsp3) is 0.909. The molecule has 1 aliphatic heterocycles. The van der Waals surface area contributed by atoms with Crippen LogP contribution in [0.25, 0.3) is 0 Å². The first-order chi connectivity index (χ1) is 6.93. The highest BCUT2D eigenvalue weighted by Gasteiger charge is 2.34. The number of likely N-dealkylation sites (tertiary alicyclic amines) is 1. The van der Waals surface area contributed by atoms with Gasteiger partial charge in [-0.1, -0.05) is 20.8 Å². The molecule has 1 aliphatic rings. The molecule has 1 saturated heterocycles. The second-order valence-electron chi connectivity index (χ2n) is 4.86. The molecule has 88 valence electrons. The normalized spacial score (nSPS) is 30.5. The van der Waals surface area contributed by atoms with Crippen LogP contribution in [0.3, 0.4) is 0 Å². The predicted molar refractivity (Wildman–Crippen MR) is 57.6 cm³/mol. The van der Waals surface area contributed by atoms with Crippen LogP contribution in [-0.4, -0.2) is 46.3 Å². The van der Waals surface area contributed by atoms with Crippen molar-refractivity contribution in [3.05, 3.63) is 0 Å². The number of hydrogen-bond acceptors (Lipinski definition) is 3. The van der Waals surface area contributed by atoms with Crippen LogP contribution >= 0.6 is 0 Å². The van der Waals surface area contributed by atoms with Crippen LogP contribution in [0.1, 0.15) is 27.2 Å². The van der Waals surface area contributed by atoms with E-state index in [2.05, 4.69) is 0 Å². The standard InChI is InChI=1S/C11H21NO3/c1-7(2)10(11(14)15)12-5-4-9(13)8(3)6-12/h7-10,13H,4-6H2,1-3H3,(H,14,15). The minimum atomic E-state index is -0.756. The van der Waals surface area contributed by atoms with Crippen LogP contribution in [0.4, 0.5) is 0 Å². The lowest BCUT2D eigenvalue weighted by Crippen LogP contribution is -2.52. The number of hydrogen-bond donors (Lipinski definition) is 2. The molecule has 0 saturated carbocycles. The Hall–Kier alpha value is -0.610. The van der Waals surface area contributed by atoms with Gasteiger partial charge in [0, 0.05) is 13.1 Å². The Morgan fingerprint density at radius 2 is 2.07 bits per heavy atom. The van der Waals surface area contributed by atoms with E-state index in [9.17, 15) is 9.90 Å². The molecule has 15 heavy (non-hydrogen) atoms. The molecule has 4 nitrogen and oxygen atoms in total. The monoisotopic (exact) mass is 215 g/mol. The van der Waals surface area contributed by atoms with E-state index >= 15 is 0 Å². The van der Waals surface area contributed by atoms with Gasteiger partial charge in [0.25, 0.3) is 0 Å². The summed E-state index contributed by atoms with van der Waals surface area (Å²) in [5.74, 6) is -0.488. The van der Waals surface area contributed by atoms with Gasteiger partial charge in [0.15, 0.2) is 0 Å². The highest BCUT2D eigenvalue weighted by atomic mass is 16.4. The Balaban J connectivity index is 2.66. The molecule has 0 radical (unpaired) electrons. The molecule has 1 rings (SSSR count). The summed E-state index contributed by atoms with van der Waals surface area (Å²) in [5.41, 5.74) is 0. The number of aliphatic hydroxyl groups is 1. The second kappa shape index (κ2) is 4.94. The molecule has 2 N–H and O–H groups in total. The van der Waals surface area contributed by atoms with Crippen molar-refractivity contribution in [2.24, 2.45) is 11.8 Å². The van der Waals surface area contributed by atoms with Crippen LogP contribution < -0.4 is 0 Å². The quantitative estimate of drug-likeness (QED) is 0.731. The minimum absolute atomic E-state index is 0.102. The van der Waals surface area contributed by atoms with Crippen LogP contribution in [0.2, 0.25) is 0 Å². The molecule has 0 bridgehead atoms. The van der Waals surface area contributed by atoms with Crippen molar-refractivity contribution in [3.8, 4) is 0 Å². The summed E-state index contributed by atoms with van der Waals surface area (Å²) < 4.78 is 0. The molecule has 4 heteroatoms. The second-order valence-corrected chi connectivity index (χ2v) is 4.86. The van der Waals surface area contributed by atoms with E-state index < -0.39 is 12.0 Å². The van der Waals surface area contributed by atoms with Crippen molar-refractivity contribution in [1.82, 2.24) is 4.90 Å². The summed E-state index contributed by atoms with van der Waals surface area (Å²) in [6.07, 6.45) is 0.403. The predicted octanol–water partition coefficient (Wildman–Crippen LogP) is 0.798. The highest BCUT2D eigenvalue weighted by Crippen LogP contribution is 2.21. The Morgan fingerprint density at radius 1 is 1.47 bits per heavy atom. The number of nitrogens with zero attached hydrogens (tertiary/aromatic N) is 1. The lowest BCUT2D eigenvalue weighted by Gasteiger charge is -2.39. The van der Waals surface area contributed by atoms with E-state index in [-0.39, 0.29) is 17.9 Å². The maximum atomic E-state index is 11.1. The first kappa shape index (κ1) is 12.5. The van der Waals surface area contributed by atoms with Crippen molar-refractivity contribution < 1.29 is 15.0 Å². The summed E-state index contributed by atoms with van der Waals surface area (Å²) in [6.45, 7) is 7.18. The van der Waals surface area contributed by atoms with Gasteiger partial charge in [0.2, 0.25) is 0 Å². The maximum absolute atomic E-state index is 11.1. The van der Waals surface area contributed by atoms with E-state index in [1.165, 1.54) is 0 Å². The summed E-state index contributed by atoms with van der Waals surface area (Å²) in [6, 6.07) is -0.417. The van der Waals surface area contributed by atoms with Crippen molar-refractivity contribution in [3.63, 3.8) is 0 Å². The third kappa shape index (κ3) is 2.92. The van der Waals surface area contributed by atoms with E-state index in [0.717, 1.165) is 0 Å². The number of rotatable bonds is 3. The molecule has 0 aromatic heterocycles. The fourth-order valence-electron chi connectivity index (χ4n) is 2.28. The van der Waals surface area contributed by atoms with Gasteiger partial charge >= 0.3 is 5.97 Å². The number of piperidine rings is 1. The molecule has 0 aromatic carbocycles. The molecule has 0 aromatic rings. The number of carboxylic acids is 1. The van der Waals surface area contributed by atoms with E-state index in [1.807, 2.05) is 25.7 Å². The first-order valence-electron chi connectivity index (χ1n) is 5.58. The molecule has 0 amide bonds. The van der Waals surface area contributed by atoms with E-state index in [4.69, 9.17) is 5.11 Å². The van der Waals surface area contributed by atoms with E-state index in [0.29, 0.717) is 19.5 Å². The van der Waals surface area contributed by atoms with Crippen LogP contribution in [0, 0.1) is 11.8 Å². The highest BCUT2D eigenvalue weighted by molar-refractivity contribution is 5.73.